The zero-order chi connectivity index (χ0) is 98.9. The fourth-order valence-electron chi connectivity index (χ4n) is 19.3. The highest BCUT2D eigenvalue weighted by molar-refractivity contribution is 5.26. The summed E-state index contributed by atoms with van der Waals surface area (Å²) in [6, 6.07) is 120. The van der Waals surface area contributed by atoms with Gasteiger partial charge in [-0.25, -0.2) is 14.0 Å². The van der Waals surface area contributed by atoms with E-state index in [0.717, 1.165) is 66.8 Å². The van der Waals surface area contributed by atoms with E-state index in [1.54, 1.807) is 21.2 Å². The number of aliphatic hydroxyl groups excluding tert-OH is 1. The van der Waals surface area contributed by atoms with Crippen LogP contribution in [0.4, 0.5) is 0 Å². The van der Waals surface area contributed by atoms with Gasteiger partial charge < -0.3 is 90.4 Å². The zero-order valence-electron chi connectivity index (χ0n) is 81.7. The van der Waals surface area contributed by atoms with Crippen molar-refractivity contribution < 1.29 is 90.4 Å². The fraction of sp³-hybridized carbons (Fsp3) is 0.339. The molecule has 146 heavy (non-hydrogen) atoms. The maximum absolute atomic E-state index is 11.6. The van der Waals surface area contributed by atoms with E-state index >= 15 is 0 Å². The monoisotopic (exact) mass is 1970 g/mol. The van der Waals surface area contributed by atoms with Gasteiger partial charge in [-0.1, -0.05) is 380 Å². The minimum atomic E-state index is -1.04. The van der Waals surface area contributed by atoms with Crippen LogP contribution in [0.5, 0.6) is 0 Å². The summed E-state index contributed by atoms with van der Waals surface area (Å²) in [6.45, 7) is 2.41. The van der Waals surface area contributed by atoms with Gasteiger partial charge in [0.1, 0.15) is 140 Å². The van der Waals surface area contributed by atoms with Gasteiger partial charge in [-0.2, -0.15) is 0 Å². The van der Waals surface area contributed by atoms with Crippen molar-refractivity contribution in [2.24, 2.45) is 0 Å². The van der Waals surface area contributed by atoms with Gasteiger partial charge in [0, 0.05) is 7.11 Å². The Balaban J connectivity index is 0.692. The molecule has 7 heterocycles. The summed E-state index contributed by atoms with van der Waals surface area (Å²) < 4.78 is 134. The Morgan fingerprint density at radius 2 is 0.411 bits per heavy atom. The molecular weight excluding hydrogens is 1850 g/mol. The third-order valence-electron chi connectivity index (χ3n) is 26.6. The highest BCUT2D eigenvalue weighted by atomic mass is 16.7. The Morgan fingerprint density at radius 3 is 0.630 bits per heavy atom. The molecule has 0 bridgehead atoms. The van der Waals surface area contributed by atoms with Gasteiger partial charge in [0.25, 0.3) is 0 Å². The number of aromatic nitrogens is 9. The van der Waals surface area contributed by atoms with E-state index in [0.29, 0.717) is 23.5 Å². The largest absolute Gasteiger partial charge is 0.394 e. The molecule has 28 nitrogen and oxygen atoms in total. The van der Waals surface area contributed by atoms with Gasteiger partial charge in [-0.15, -0.1) is 15.3 Å². The van der Waals surface area contributed by atoms with Crippen LogP contribution in [0.2, 0.25) is 0 Å². The first kappa shape index (κ1) is 102. The summed E-state index contributed by atoms with van der Waals surface area (Å²) in [5, 5.41) is 41.9. The molecule has 4 fully saturated rings. The molecule has 19 rings (SSSR count). The zero-order valence-corrected chi connectivity index (χ0v) is 81.7. The van der Waals surface area contributed by atoms with Crippen molar-refractivity contribution >= 4 is 0 Å². The third-order valence-corrected chi connectivity index (χ3v) is 26.6. The third kappa shape index (κ3) is 28.0. The summed E-state index contributed by atoms with van der Waals surface area (Å²) >= 11 is 0. The van der Waals surface area contributed by atoms with Crippen LogP contribution in [-0.4, -0.2) is 181 Å². The van der Waals surface area contributed by atoms with Crippen LogP contribution in [0.1, 0.15) is 109 Å². The molecule has 3 aromatic heterocycles. The van der Waals surface area contributed by atoms with Gasteiger partial charge in [0.15, 0.2) is 0 Å². The highest BCUT2D eigenvalue weighted by Crippen LogP contribution is 2.44. The minimum Gasteiger partial charge on any atom is -0.394 e. The van der Waals surface area contributed by atoms with Gasteiger partial charge in [0.2, 0.25) is 0 Å². The predicted molar refractivity (Wildman–Crippen MR) is 541 cm³/mol. The number of hydrogen-bond donors (Lipinski definition) is 1. The number of hydrogen-bond acceptors (Lipinski definition) is 25. The molecule has 756 valence electrons. The fourth-order valence-corrected chi connectivity index (χ4v) is 19.3. The second-order valence-electron chi connectivity index (χ2n) is 37.0. The predicted octanol–water partition coefficient (Wildman–Crippen LogP) is 18.0. The van der Waals surface area contributed by atoms with E-state index in [-0.39, 0.29) is 112 Å². The molecule has 0 saturated carbocycles. The van der Waals surface area contributed by atoms with Gasteiger partial charge in [-0.05, 0) is 73.2 Å². The highest BCUT2D eigenvalue weighted by Gasteiger charge is 2.55. The molecule has 0 radical (unpaired) electrons. The smallest absolute Gasteiger partial charge is 0.146 e. The minimum absolute atomic E-state index is 0.0239. The van der Waals surface area contributed by atoms with Gasteiger partial charge in [-0.3, -0.25) is 0 Å². The standard InChI is InChI=1S/C118H125N9O19/c1-129-83-130-63-62-99-107(131-71-84-38-14-2-15-39-84)115(139-79-92-54-30-10-31-55-92)108(132-72-85-40-16-3-17-41-85)100(143-99)67-125-64-96(119-122-125)104-112(136-76-89-48-24-7-25-49-89)116(140-80-93-56-32-11-33-57-93)109(133-73-86-42-18-4-19-43-86)101(144-104)68-126-65-97(120-123-126)105-113(137-77-90-50-26-8-27-51-90)117(141-81-94-58-34-12-35-59-94)110(134-74-87-44-20-5-21-45-87)102(145-105)69-127-66-98(121-124-127)106-114(138-78-91-52-28-9-29-53-91)118(142-82-95-60-36-13-37-61-95)111(103(70-128)146-106)135-75-88-46-22-6-23-47-88/h2-61,64-66,99-118,128H,62-63,67-83H2,1H3/t99-,100-,101-,102-,103-,104-,105-,106-,107-,108-,109-,110-,111-,112-,113-,114-,115-,116+,117+,118+/m1/s1. The van der Waals surface area contributed by atoms with Crippen molar-refractivity contribution in [2.45, 2.75) is 227 Å². The summed E-state index contributed by atoms with van der Waals surface area (Å²) in [5.41, 5.74) is 12.4. The molecule has 0 aliphatic carbocycles. The Hall–Kier alpha value is -12.7. The molecule has 4 aliphatic rings. The number of aliphatic hydroxyl groups is 1. The average Bonchev–Trinajstić information content (AvgIpc) is 1.47. The number of methoxy groups -OCH3 is 1. The maximum atomic E-state index is 11.6. The van der Waals surface area contributed by atoms with Crippen molar-refractivity contribution in [3.05, 3.63) is 466 Å². The van der Waals surface area contributed by atoms with Crippen molar-refractivity contribution in [1.82, 2.24) is 45.0 Å². The van der Waals surface area contributed by atoms with E-state index in [2.05, 4.69) is 0 Å². The second-order valence-corrected chi connectivity index (χ2v) is 37.0. The van der Waals surface area contributed by atoms with E-state index in [1.807, 2.05) is 383 Å². The lowest BCUT2D eigenvalue weighted by Gasteiger charge is -2.46. The number of ether oxygens (including phenoxy) is 18. The van der Waals surface area contributed by atoms with Crippen LogP contribution < -0.4 is 0 Å². The quantitative estimate of drug-likeness (QED) is 0.0274. The maximum Gasteiger partial charge on any atom is 0.146 e. The van der Waals surface area contributed by atoms with Crippen molar-refractivity contribution in [1.29, 1.82) is 0 Å². The lowest BCUT2D eigenvalue weighted by atomic mass is 9.91. The van der Waals surface area contributed by atoms with Crippen molar-refractivity contribution in [3.63, 3.8) is 0 Å². The van der Waals surface area contributed by atoms with Crippen LogP contribution >= 0.6 is 0 Å². The van der Waals surface area contributed by atoms with E-state index < -0.39 is 129 Å². The van der Waals surface area contributed by atoms with Crippen LogP contribution in [0.3, 0.4) is 0 Å². The van der Waals surface area contributed by atoms with E-state index in [9.17, 15) is 5.11 Å². The molecule has 12 aromatic carbocycles. The first-order chi connectivity index (χ1) is 72.3. The molecular formula is C118H125N9O19. The topological polar surface area (TPSA) is 278 Å². The molecule has 15 aromatic rings. The summed E-state index contributed by atoms with van der Waals surface area (Å²) in [4.78, 5) is 0. The first-order valence-corrected chi connectivity index (χ1v) is 50.1. The Bertz CT molecular complexity index is 6240. The molecule has 0 spiro atoms. The molecule has 20 atom stereocenters. The lowest BCUT2D eigenvalue weighted by Crippen LogP contribution is -2.61. The normalized spacial score (nSPS) is 24.2. The van der Waals surface area contributed by atoms with E-state index in [1.165, 1.54) is 0 Å². The summed E-state index contributed by atoms with van der Waals surface area (Å²) in [7, 11) is 1.60. The van der Waals surface area contributed by atoms with Crippen LogP contribution in [0.15, 0.2) is 383 Å². The molecule has 1 N–H and O–H groups in total. The van der Waals surface area contributed by atoms with Crippen molar-refractivity contribution in [3.8, 4) is 0 Å². The lowest BCUT2D eigenvalue weighted by molar-refractivity contribution is -0.273. The number of benzene rings is 12. The Kier molecular flexibility index (Phi) is 37.1. The molecule has 4 saturated heterocycles. The van der Waals surface area contributed by atoms with Crippen LogP contribution in [0.25, 0.3) is 0 Å². The van der Waals surface area contributed by atoms with Gasteiger partial charge in [0.05, 0.1) is 137 Å². The molecule has 0 unspecified atom stereocenters. The van der Waals surface area contributed by atoms with Gasteiger partial charge >= 0.3 is 0 Å². The van der Waals surface area contributed by atoms with E-state index in [4.69, 9.17) is 116 Å². The Labute approximate surface area is 851 Å². The SMILES string of the molecule is COCOCC[C@H]1O[C@H](Cn2cc([C@H]3O[C@H](Cn4cc([C@H]5O[C@H](Cn6cc([C@H]7O[C@H](CO)[C@@H](OCc8ccccc8)[C@H](OCc8ccccc8)[C@@H]7OCc7ccccc7)nn6)[C@@H](OCc6ccccc6)[C@H](OCc6ccccc6)[C@@H]5OCc5ccccc5)nn4)[C@@H](OCc4ccccc4)[C@H](OCc4ccccc4)[C@@H]3OCc3ccccc3)nn2)[C@@H](OCc2ccccc2)[C@H](OCc2ccccc2)[C@@H]1OCc1ccccc1. The number of nitrogens with zero attached hydrogens (tertiary/aromatic N) is 9. The van der Waals surface area contributed by atoms with Crippen molar-refractivity contribution in [2.75, 3.05) is 27.1 Å². The summed E-state index contributed by atoms with van der Waals surface area (Å²) in [6.07, 6.45) is -11.1. The first-order valence-electron chi connectivity index (χ1n) is 50.1. The Morgan fingerprint density at radius 1 is 0.226 bits per heavy atom. The summed E-state index contributed by atoms with van der Waals surface area (Å²) in [5.74, 6) is 0. The van der Waals surface area contributed by atoms with Crippen LogP contribution in [0, 0.1) is 0 Å². The average molecular weight is 1970 g/mol. The molecule has 4 aliphatic heterocycles. The van der Waals surface area contributed by atoms with Crippen LogP contribution in [-0.2, 0) is 184 Å². The molecule has 0 amide bonds. The second kappa shape index (κ2) is 53.1. The number of rotatable bonds is 51. The molecule has 28 heteroatoms.